The maximum atomic E-state index is 12.3. The van der Waals surface area contributed by atoms with E-state index in [1.54, 1.807) is 29.2 Å². The number of carbonyl (C=O) groups excluding carboxylic acids is 1. The molecule has 0 saturated carbocycles. The molecule has 1 fully saturated rings. The third-order valence-corrected chi connectivity index (χ3v) is 3.30. The van der Waals surface area contributed by atoms with E-state index in [9.17, 15) is 9.59 Å². The number of rotatable bonds is 4. The van der Waals surface area contributed by atoms with E-state index in [-0.39, 0.29) is 18.5 Å². The highest BCUT2D eigenvalue weighted by Crippen LogP contribution is 2.21. The van der Waals surface area contributed by atoms with Crippen molar-refractivity contribution in [2.75, 3.05) is 13.6 Å². The zero-order valence-corrected chi connectivity index (χ0v) is 10.9. The summed E-state index contributed by atoms with van der Waals surface area (Å²) in [6, 6.07) is -0.329. The Hall–Kier alpha value is -2.05. The van der Waals surface area contributed by atoms with E-state index in [1.165, 1.54) is 0 Å². The molecule has 1 saturated heterocycles. The molecule has 1 aliphatic rings. The number of hydrogen-bond acceptors (Lipinski definition) is 3. The summed E-state index contributed by atoms with van der Waals surface area (Å²) in [5, 5.41) is 8.85. The predicted molar refractivity (Wildman–Crippen MR) is 67.4 cm³/mol. The van der Waals surface area contributed by atoms with Gasteiger partial charge in [0.05, 0.1) is 13.0 Å². The monoisotopic (exact) mass is 266 g/mol. The van der Waals surface area contributed by atoms with Crippen molar-refractivity contribution < 1.29 is 14.7 Å². The number of carbonyl (C=O) groups is 2. The average molecular weight is 266 g/mol. The van der Waals surface area contributed by atoms with Gasteiger partial charge < -0.3 is 19.9 Å². The third-order valence-electron chi connectivity index (χ3n) is 3.30. The van der Waals surface area contributed by atoms with Crippen LogP contribution in [0.3, 0.4) is 0 Å². The number of aliphatic carboxylic acids is 1. The Morgan fingerprint density at radius 3 is 3.05 bits per heavy atom. The van der Waals surface area contributed by atoms with Crippen LogP contribution in [0.15, 0.2) is 12.4 Å². The van der Waals surface area contributed by atoms with E-state index in [0.29, 0.717) is 18.9 Å². The number of urea groups is 1. The second-order valence-electron chi connectivity index (χ2n) is 4.76. The molecule has 2 N–H and O–H groups in total. The number of hydrogen-bond donors (Lipinski definition) is 2. The summed E-state index contributed by atoms with van der Waals surface area (Å²) < 4.78 is 0. The van der Waals surface area contributed by atoms with Crippen LogP contribution in [0, 0.1) is 0 Å². The van der Waals surface area contributed by atoms with Crippen LogP contribution in [0.5, 0.6) is 0 Å². The van der Waals surface area contributed by atoms with Crippen molar-refractivity contribution >= 4 is 12.0 Å². The molecule has 1 unspecified atom stereocenters. The van der Waals surface area contributed by atoms with Crippen molar-refractivity contribution in [2.45, 2.75) is 31.8 Å². The van der Waals surface area contributed by atoms with Gasteiger partial charge >= 0.3 is 12.0 Å². The smallest absolute Gasteiger partial charge is 0.320 e. The Balaban J connectivity index is 1.95. The van der Waals surface area contributed by atoms with Gasteiger partial charge in [0.2, 0.25) is 0 Å². The second kappa shape index (κ2) is 5.73. The lowest BCUT2D eigenvalue weighted by atomic mass is 10.1. The van der Waals surface area contributed by atoms with Gasteiger partial charge in [0.25, 0.3) is 0 Å². The molecular weight excluding hydrogens is 248 g/mol. The van der Waals surface area contributed by atoms with Crippen molar-refractivity contribution in [3.05, 3.63) is 18.2 Å². The summed E-state index contributed by atoms with van der Waals surface area (Å²) in [6.07, 6.45) is 4.97. The summed E-state index contributed by atoms with van der Waals surface area (Å²) in [6.45, 7) is 1.02. The molecular formula is C12H18N4O3. The Bertz CT molecular complexity index is 446. The first-order valence-electron chi connectivity index (χ1n) is 6.29. The summed E-state index contributed by atoms with van der Waals surface area (Å²) in [5.74, 6) is -0.150. The molecule has 104 valence electrons. The number of aromatic amines is 1. The average Bonchev–Trinajstić information content (AvgIpc) is 2.98. The standard InChI is InChI=1S/C12H18N4O3/c1-15(8-10-13-4-5-14-10)12(19)16-6-2-3-9(16)7-11(17)18/h4-5,9H,2-3,6-8H2,1H3,(H,13,14)(H,17,18). The largest absolute Gasteiger partial charge is 0.481 e. The zero-order valence-electron chi connectivity index (χ0n) is 10.9. The lowest BCUT2D eigenvalue weighted by molar-refractivity contribution is -0.138. The van der Waals surface area contributed by atoms with Crippen LogP contribution in [-0.2, 0) is 11.3 Å². The number of carboxylic acids is 1. The van der Waals surface area contributed by atoms with Crippen LogP contribution >= 0.6 is 0 Å². The van der Waals surface area contributed by atoms with E-state index in [2.05, 4.69) is 9.97 Å². The number of carboxylic acid groups (broad SMARTS) is 1. The number of likely N-dealkylation sites (tertiary alicyclic amines) is 1. The summed E-state index contributed by atoms with van der Waals surface area (Å²) in [5.41, 5.74) is 0. The van der Waals surface area contributed by atoms with Crippen LogP contribution < -0.4 is 0 Å². The minimum atomic E-state index is -0.863. The van der Waals surface area contributed by atoms with Crippen LogP contribution in [0.2, 0.25) is 0 Å². The minimum absolute atomic E-state index is 0.0142. The third kappa shape index (κ3) is 3.24. The van der Waals surface area contributed by atoms with Gasteiger partial charge in [0, 0.05) is 32.0 Å². The Morgan fingerprint density at radius 2 is 2.42 bits per heavy atom. The minimum Gasteiger partial charge on any atom is -0.481 e. The normalized spacial score (nSPS) is 18.6. The fraction of sp³-hybridized carbons (Fsp3) is 0.583. The Morgan fingerprint density at radius 1 is 1.63 bits per heavy atom. The molecule has 0 aliphatic carbocycles. The van der Waals surface area contributed by atoms with Crippen LogP contribution in [0.1, 0.15) is 25.1 Å². The molecule has 1 aromatic heterocycles. The fourth-order valence-corrected chi connectivity index (χ4v) is 2.40. The van der Waals surface area contributed by atoms with E-state index in [4.69, 9.17) is 5.11 Å². The predicted octanol–water partition coefficient (Wildman–Crippen LogP) is 0.901. The van der Waals surface area contributed by atoms with Gasteiger partial charge in [0.15, 0.2) is 0 Å². The molecule has 2 amide bonds. The molecule has 1 aliphatic heterocycles. The number of nitrogens with one attached hydrogen (secondary N) is 1. The highest BCUT2D eigenvalue weighted by molar-refractivity contribution is 5.76. The van der Waals surface area contributed by atoms with Crippen LogP contribution in [0.4, 0.5) is 4.79 Å². The maximum absolute atomic E-state index is 12.3. The molecule has 0 spiro atoms. The molecule has 7 heteroatoms. The number of aromatic nitrogens is 2. The molecule has 1 aromatic rings. The maximum Gasteiger partial charge on any atom is 0.320 e. The topological polar surface area (TPSA) is 89.5 Å². The SMILES string of the molecule is CN(Cc1ncc[nH]1)C(=O)N1CCCC1CC(=O)O. The van der Waals surface area contributed by atoms with Crippen molar-refractivity contribution in [1.82, 2.24) is 19.8 Å². The summed E-state index contributed by atoms with van der Waals surface area (Å²) >= 11 is 0. The fourth-order valence-electron chi connectivity index (χ4n) is 2.40. The number of nitrogens with zero attached hydrogens (tertiary/aromatic N) is 3. The van der Waals surface area contributed by atoms with Crippen LogP contribution in [0.25, 0.3) is 0 Å². The molecule has 0 aromatic carbocycles. The van der Waals surface area contributed by atoms with E-state index in [1.807, 2.05) is 0 Å². The van der Waals surface area contributed by atoms with Crippen molar-refractivity contribution in [3.63, 3.8) is 0 Å². The number of amides is 2. The zero-order chi connectivity index (χ0) is 13.8. The summed E-state index contributed by atoms with van der Waals surface area (Å²) in [7, 11) is 1.70. The first-order chi connectivity index (χ1) is 9.08. The first kappa shape index (κ1) is 13.4. The second-order valence-corrected chi connectivity index (χ2v) is 4.76. The molecule has 1 atom stereocenters. The molecule has 2 rings (SSSR count). The molecule has 19 heavy (non-hydrogen) atoms. The van der Waals surface area contributed by atoms with Gasteiger partial charge in [-0.05, 0) is 12.8 Å². The Labute approximate surface area is 111 Å². The van der Waals surface area contributed by atoms with Crippen molar-refractivity contribution in [3.8, 4) is 0 Å². The lowest BCUT2D eigenvalue weighted by Gasteiger charge is -2.28. The first-order valence-corrected chi connectivity index (χ1v) is 6.29. The van der Waals surface area contributed by atoms with E-state index >= 15 is 0 Å². The Kier molecular flexibility index (Phi) is 4.03. The lowest BCUT2D eigenvalue weighted by Crippen LogP contribution is -2.44. The van der Waals surface area contributed by atoms with Crippen molar-refractivity contribution in [2.24, 2.45) is 0 Å². The highest BCUT2D eigenvalue weighted by atomic mass is 16.4. The number of H-pyrrole nitrogens is 1. The molecule has 0 radical (unpaired) electrons. The van der Waals surface area contributed by atoms with Gasteiger partial charge in [-0.3, -0.25) is 4.79 Å². The van der Waals surface area contributed by atoms with Crippen LogP contribution in [-0.4, -0.2) is 56.5 Å². The number of imidazole rings is 1. The van der Waals surface area contributed by atoms with Crippen molar-refractivity contribution in [1.29, 1.82) is 0 Å². The van der Waals surface area contributed by atoms with E-state index < -0.39 is 5.97 Å². The summed E-state index contributed by atoms with van der Waals surface area (Å²) in [4.78, 5) is 33.3. The van der Waals surface area contributed by atoms with Gasteiger partial charge in [-0.1, -0.05) is 0 Å². The molecule has 2 heterocycles. The van der Waals surface area contributed by atoms with E-state index in [0.717, 1.165) is 12.8 Å². The van der Waals surface area contributed by atoms with Gasteiger partial charge in [-0.2, -0.15) is 0 Å². The highest BCUT2D eigenvalue weighted by Gasteiger charge is 2.32. The van der Waals surface area contributed by atoms with Gasteiger partial charge in [0.1, 0.15) is 5.82 Å². The quantitative estimate of drug-likeness (QED) is 0.847. The molecule has 0 bridgehead atoms. The van der Waals surface area contributed by atoms with Gasteiger partial charge in [-0.25, -0.2) is 9.78 Å². The van der Waals surface area contributed by atoms with Gasteiger partial charge in [-0.15, -0.1) is 0 Å². The molecule has 7 nitrogen and oxygen atoms in total.